The SMILES string of the molecule is CCCCCCCCCCCC([NH3+])C1(C)CO1.[Cl-]. The summed E-state index contributed by atoms with van der Waals surface area (Å²) in [5, 5.41) is 0. The van der Waals surface area contributed by atoms with Crippen LogP contribution in [0.5, 0.6) is 0 Å². The molecule has 1 fully saturated rings. The van der Waals surface area contributed by atoms with Crippen molar-refractivity contribution in [3.63, 3.8) is 0 Å². The van der Waals surface area contributed by atoms with Crippen molar-refractivity contribution in [1.29, 1.82) is 0 Å². The summed E-state index contributed by atoms with van der Waals surface area (Å²) < 4.78 is 5.43. The molecule has 0 aromatic carbocycles. The van der Waals surface area contributed by atoms with Gasteiger partial charge in [-0.15, -0.1) is 0 Å². The van der Waals surface area contributed by atoms with Gasteiger partial charge in [-0.05, 0) is 13.3 Å². The summed E-state index contributed by atoms with van der Waals surface area (Å²) >= 11 is 0. The van der Waals surface area contributed by atoms with Gasteiger partial charge in [0, 0.05) is 6.42 Å². The second-order valence-corrected chi connectivity index (χ2v) is 5.92. The fourth-order valence-electron chi connectivity index (χ4n) is 2.36. The molecule has 1 heterocycles. The monoisotopic (exact) mass is 277 g/mol. The van der Waals surface area contributed by atoms with Crippen molar-refractivity contribution < 1.29 is 22.9 Å². The van der Waals surface area contributed by atoms with Gasteiger partial charge in [0.2, 0.25) is 0 Å². The normalized spacial score (nSPS) is 23.5. The third-order valence-corrected chi connectivity index (χ3v) is 4.12. The van der Waals surface area contributed by atoms with Crippen LogP contribution in [0.2, 0.25) is 0 Å². The van der Waals surface area contributed by atoms with E-state index in [9.17, 15) is 0 Å². The van der Waals surface area contributed by atoms with E-state index in [1.807, 2.05) is 0 Å². The maximum absolute atomic E-state index is 5.43. The summed E-state index contributed by atoms with van der Waals surface area (Å²) in [7, 11) is 0. The maximum atomic E-state index is 5.43. The highest BCUT2D eigenvalue weighted by Gasteiger charge is 2.47. The van der Waals surface area contributed by atoms with Crippen LogP contribution >= 0.6 is 0 Å². The van der Waals surface area contributed by atoms with E-state index in [4.69, 9.17) is 4.74 Å². The van der Waals surface area contributed by atoms with Crippen LogP contribution in [0.1, 0.15) is 78.1 Å². The Hall–Kier alpha value is 0.210. The average Bonchev–Trinajstić information content (AvgIpc) is 3.06. The van der Waals surface area contributed by atoms with Crippen LogP contribution < -0.4 is 18.1 Å². The molecular formula is C15H32ClNO. The Balaban J connectivity index is 0.00000289. The van der Waals surface area contributed by atoms with Crippen molar-refractivity contribution in [2.24, 2.45) is 0 Å². The Morgan fingerprint density at radius 3 is 1.89 bits per heavy atom. The van der Waals surface area contributed by atoms with E-state index in [1.165, 1.54) is 64.2 Å². The number of unbranched alkanes of at least 4 members (excludes halogenated alkanes) is 8. The first-order chi connectivity index (χ1) is 8.19. The summed E-state index contributed by atoms with van der Waals surface area (Å²) in [4.78, 5) is 0. The first kappa shape index (κ1) is 18.2. The second kappa shape index (κ2) is 10.1. The molecule has 0 aliphatic carbocycles. The molecule has 0 radical (unpaired) electrons. The van der Waals surface area contributed by atoms with E-state index < -0.39 is 0 Å². The van der Waals surface area contributed by atoms with Crippen molar-refractivity contribution in [2.75, 3.05) is 6.61 Å². The number of epoxide rings is 1. The van der Waals surface area contributed by atoms with E-state index in [2.05, 4.69) is 19.6 Å². The first-order valence-corrected chi connectivity index (χ1v) is 7.66. The van der Waals surface area contributed by atoms with Crippen molar-refractivity contribution in [2.45, 2.75) is 89.7 Å². The van der Waals surface area contributed by atoms with E-state index in [-0.39, 0.29) is 18.0 Å². The Labute approximate surface area is 119 Å². The Bertz CT molecular complexity index is 195. The van der Waals surface area contributed by atoms with Crippen molar-refractivity contribution in [3.8, 4) is 0 Å². The predicted molar refractivity (Wildman–Crippen MR) is 72.9 cm³/mol. The number of ether oxygens (including phenoxy) is 1. The van der Waals surface area contributed by atoms with Gasteiger partial charge in [-0.25, -0.2) is 0 Å². The molecule has 1 aliphatic heterocycles. The van der Waals surface area contributed by atoms with Gasteiger partial charge in [-0.2, -0.15) is 0 Å². The van der Waals surface area contributed by atoms with Gasteiger partial charge < -0.3 is 22.9 Å². The Kier molecular flexibility index (Phi) is 10.2. The lowest BCUT2D eigenvalue weighted by molar-refractivity contribution is -0.434. The molecule has 0 bridgehead atoms. The minimum Gasteiger partial charge on any atom is -1.00 e. The lowest BCUT2D eigenvalue weighted by atomic mass is 9.97. The molecule has 0 spiro atoms. The molecule has 1 aliphatic rings. The van der Waals surface area contributed by atoms with Crippen LogP contribution in [-0.2, 0) is 4.74 Å². The molecular weight excluding hydrogens is 246 g/mol. The highest BCUT2D eigenvalue weighted by molar-refractivity contribution is 4.93. The fourth-order valence-corrected chi connectivity index (χ4v) is 2.36. The zero-order chi connectivity index (χ0) is 12.6. The predicted octanol–water partition coefficient (Wildman–Crippen LogP) is 0.311. The highest BCUT2D eigenvalue weighted by Crippen LogP contribution is 2.30. The van der Waals surface area contributed by atoms with Crippen LogP contribution in [0.4, 0.5) is 0 Å². The number of hydrogen-bond donors (Lipinski definition) is 1. The summed E-state index contributed by atoms with van der Waals surface area (Å²) in [5.74, 6) is 0. The van der Waals surface area contributed by atoms with Gasteiger partial charge in [0.25, 0.3) is 0 Å². The van der Waals surface area contributed by atoms with Crippen molar-refractivity contribution >= 4 is 0 Å². The lowest BCUT2D eigenvalue weighted by Gasteiger charge is -2.11. The molecule has 2 nitrogen and oxygen atoms in total. The summed E-state index contributed by atoms with van der Waals surface area (Å²) in [6, 6.07) is 0.507. The van der Waals surface area contributed by atoms with Crippen molar-refractivity contribution in [3.05, 3.63) is 0 Å². The van der Waals surface area contributed by atoms with Gasteiger partial charge in [-0.3, -0.25) is 0 Å². The number of halogens is 1. The molecule has 0 aromatic heterocycles. The van der Waals surface area contributed by atoms with Crippen molar-refractivity contribution in [1.82, 2.24) is 0 Å². The minimum absolute atomic E-state index is 0. The molecule has 3 heteroatoms. The standard InChI is InChI=1S/C15H31NO.ClH/c1-3-4-5-6-7-8-9-10-11-12-14(16)15(2)13-17-15;/h14H,3-13,16H2,1-2H3;1H. The summed E-state index contributed by atoms with van der Waals surface area (Å²) in [6.07, 6.45) is 13.9. The van der Waals surface area contributed by atoms with Gasteiger partial charge >= 0.3 is 0 Å². The zero-order valence-corrected chi connectivity index (χ0v) is 13.1. The van der Waals surface area contributed by atoms with Crippen LogP contribution in [-0.4, -0.2) is 18.2 Å². The number of quaternary nitrogens is 1. The van der Waals surface area contributed by atoms with Gasteiger partial charge in [0.05, 0.1) is 6.61 Å². The van der Waals surface area contributed by atoms with E-state index in [1.54, 1.807) is 0 Å². The highest BCUT2D eigenvalue weighted by atomic mass is 35.5. The smallest absolute Gasteiger partial charge is 0.140 e. The van der Waals surface area contributed by atoms with E-state index in [0.717, 1.165) is 6.61 Å². The molecule has 1 rings (SSSR count). The molecule has 110 valence electrons. The van der Waals surface area contributed by atoms with Gasteiger partial charge in [0.1, 0.15) is 11.6 Å². The molecule has 2 atom stereocenters. The maximum Gasteiger partial charge on any atom is 0.140 e. The summed E-state index contributed by atoms with van der Waals surface area (Å²) in [5.41, 5.74) is 4.35. The third kappa shape index (κ3) is 7.60. The quantitative estimate of drug-likeness (QED) is 0.429. The first-order valence-electron chi connectivity index (χ1n) is 7.66. The topological polar surface area (TPSA) is 40.2 Å². The Morgan fingerprint density at radius 1 is 1.00 bits per heavy atom. The van der Waals surface area contributed by atoms with Gasteiger partial charge in [-0.1, -0.05) is 58.3 Å². The molecule has 0 amide bonds. The van der Waals surface area contributed by atoms with Crippen LogP contribution in [0, 0.1) is 0 Å². The molecule has 1 saturated heterocycles. The summed E-state index contributed by atoms with van der Waals surface area (Å²) in [6.45, 7) is 5.40. The lowest BCUT2D eigenvalue weighted by Crippen LogP contribution is -3.00. The van der Waals surface area contributed by atoms with E-state index in [0.29, 0.717) is 6.04 Å². The fraction of sp³-hybridized carbons (Fsp3) is 1.00. The third-order valence-electron chi connectivity index (χ3n) is 4.12. The van der Waals surface area contributed by atoms with Crippen LogP contribution in [0.25, 0.3) is 0 Å². The van der Waals surface area contributed by atoms with E-state index >= 15 is 0 Å². The largest absolute Gasteiger partial charge is 1.00 e. The Morgan fingerprint density at radius 2 is 1.44 bits per heavy atom. The zero-order valence-electron chi connectivity index (χ0n) is 12.3. The average molecular weight is 278 g/mol. The molecule has 3 N–H and O–H groups in total. The molecule has 0 aromatic rings. The van der Waals surface area contributed by atoms with Crippen LogP contribution in [0.3, 0.4) is 0 Å². The molecule has 2 unspecified atom stereocenters. The minimum atomic E-state index is 0. The van der Waals surface area contributed by atoms with Crippen LogP contribution in [0.15, 0.2) is 0 Å². The molecule has 0 saturated carbocycles. The second-order valence-electron chi connectivity index (χ2n) is 5.92. The number of rotatable bonds is 11. The molecule has 18 heavy (non-hydrogen) atoms. The number of hydrogen-bond acceptors (Lipinski definition) is 1. The van der Waals surface area contributed by atoms with Gasteiger partial charge in [0.15, 0.2) is 0 Å².